The normalized spacial score (nSPS) is 11.6. The minimum absolute atomic E-state index is 0.102. The first-order valence-corrected chi connectivity index (χ1v) is 7.79. The Morgan fingerprint density at radius 3 is 2.40 bits per heavy atom. The number of amides is 1. The smallest absolute Gasteiger partial charge is 0.298 e. The number of aryl methyl sites for hydroxylation is 2. The van der Waals surface area contributed by atoms with E-state index in [1.54, 1.807) is 19.1 Å². The number of aromatic nitrogens is 5. The lowest BCUT2D eigenvalue weighted by Crippen LogP contribution is -2.12. The van der Waals surface area contributed by atoms with Crippen LogP contribution in [-0.2, 0) is 6.18 Å². The van der Waals surface area contributed by atoms with Crippen LogP contribution in [0.4, 0.5) is 18.3 Å². The maximum absolute atomic E-state index is 12.8. The molecule has 1 aromatic carbocycles. The second-order valence-corrected chi connectivity index (χ2v) is 6.07. The number of rotatable bonds is 3. The van der Waals surface area contributed by atoms with Gasteiger partial charge >= 0.3 is 6.18 Å². The van der Waals surface area contributed by atoms with Crippen LogP contribution in [0, 0.1) is 13.8 Å². The third kappa shape index (κ3) is 3.50. The first kappa shape index (κ1) is 17.0. The van der Waals surface area contributed by atoms with Crippen LogP contribution >= 0.6 is 11.3 Å². The van der Waals surface area contributed by atoms with Gasteiger partial charge in [0.15, 0.2) is 11.0 Å². The van der Waals surface area contributed by atoms with E-state index in [-0.39, 0.29) is 16.4 Å². The van der Waals surface area contributed by atoms with Gasteiger partial charge in [0.1, 0.15) is 4.88 Å². The van der Waals surface area contributed by atoms with Crippen molar-refractivity contribution in [3.05, 3.63) is 46.2 Å². The molecule has 0 saturated carbocycles. The highest BCUT2D eigenvalue weighted by atomic mass is 32.1. The molecular formula is C14H11F3N6OS. The van der Waals surface area contributed by atoms with Crippen LogP contribution in [0.3, 0.4) is 0 Å². The molecule has 0 aliphatic heterocycles. The summed E-state index contributed by atoms with van der Waals surface area (Å²) < 4.78 is 39.8. The topological polar surface area (TPSA) is 85.6 Å². The molecule has 0 aliphatic rings. The van der Waals surface area contributed by atoms with Gasteiger partial charge in [0.25, 0.3) is 5.91 Å². The Labute approximate surface area is 143 Å². The summed E-state index contributed by atoms with van der Waals surface area (Å²) in [5.74, 6) is 0.0256. The zero-order chi connectivity index (χ0) is 18.2. The average molecular weight is 368 g/mol. The lowest BCUT2D eigenvalue weighted by molar-refractivity contribution is -0.134. The van der Waals surface area contributed by atoms with E-state index in [0.717, 1.165) is 0 Å². The average Bonchev–Trinajstić information content (AvgIpc) is 3.13. The van der Waals surface area contributed by atoms with Crippen LogP contribution in [0.5, 0.6) is 0 Å². The number of tetrazole rings is 1. The van der Waals surface area contributed by atoms with Crippen LogP contribution in [0.25, 0.3) is 5.69 Å². The number of benzene rings is 1. The summed E-state index contributed by atoms with van der Waals surface area (Å²) in [4.78, 5) is 15.1. The molecule has 0 fully saturated rings. The number of nitrogens with zero attached hydrogens (tertiary/aromatic N) is 5. The lowest BCUT2D eigenvalue weighted by Gasteiger charge is -2.04. The van der Waals surface area contributed by atoms with E-state index < -0.39 is 17.0 Å². The van der Waals surface area contributed by atoms with Gasteiger partial charge < -0.3 is 0 Å². The Morgan fingerprint density at radius 2 is 1.88 bits per heavy atom. The Bertz CT molecular complexity index is 916. The molecule has 3 rings (SSSR count). The quantitative estimate of drug-likeness (QED) is 0.768. The van der Waals surface area contributed by atoms with Crippen molar-refractivity contribution in [1.29, 1.82) is 0 Å². The molecule has 0 radical (unpaired) electrons. The minimum atomic E-state index is -4.49. The van der Waals surface area contributed by atoms with Gasteiger partial charge in [0.2, 0.25) is 0 Å². The summed E-state index contributed by atoms with van der Waals surface area (Å²) in [7, 11) is 0. The molecular weight excluding hydrogens is 357 g/mol. The van der Waals surface area contributed by atoms with E-state index in [9.17, 15) is 18.0 Å². The van der Waals surface area contributed by atoms with Crippen molar-refractivity contribution >= 4 is 22.4 Å². The highest BCUT2D eigenvalue weighted by Gasteiger charge is 2.36. The highest BCUT2D eigenvalue weighted by molar-refractivity contribution is 7.16. The van der Waals surface area contributed by atoms with Crippen LogP contribution in [0.1, 0.15) is 26.8 Å². The van der Waals surface area contributed by atoms with Crippen molar-refractivity contribution in [3.63, 3.8) is 0 Å². The maximum Gasteiger partial charge on any atom is 0.427 e. The van der Waals surface area contributed by atoms with Gasteiger partial charge in [-0.05, 0) is 48.5 Å². The van der Waals surface area contributed by atoms with Crippen molar-refractivity contribution in [2.45, 2.75) is 20.0 Å². The van der Waals surface area contributed by atoms with Crippen molar-refractivity contribution in [2.75, 3.05) is 5.32 Å². The number of alkyl halides is 3. The number of carbonyl (C=O) groups excluding carboxylic acids is 1. The van der Waals surface area contributed by atoms with E-state index in [0.29, 0.717) is 22.8 Å². The van der Waals surface area contributed by atoms with Gasteiger partial charge in [0.05, 0.1) is 11.4 Å². The third-order valence-electron chi connectivity index (χ3n) is 3.27. The summed E-state index contributed by atoms with van der Waals surface area (Å²) in [5, 5.41) is 13.4. The van der Waals surface area contributed by atoms with Gasteiger partial charge in [-0.2, -0.15) is 17.9 Å². The monoisotopic (exact) mass is 368 g/mol. The molecule has 0 spiro atoms. The molecule has 0 bridgehead atoms. The Balaban J connectivity index is 1.77. The Kier molecular flexibility index (Phi) is 4.25. The molecule has 0 unspecified atom stereocenters. The number of anilines is 1. The van der Waals surface area contributed by atoms with Gasteiger partial charge in [-0.25, -0.2) is 4.98 Å². The van der Waals surface area contributed by atoms with E-state index in [4.69, 9.17) is 0 Å². The predicted molar refractivity (Wildman–Crippen MR) is 83.7 cm³/mol. The SMILES string of the molecule is Cc1nc(NC(=O)c2ccc(-n3nnnc3C)cc2)sc1C(F)(F)F. The minimum Gasteiger partial charge on any atom is -0.298 e. The van der Waals surface area contributed by atoms with Crippen molar-refractivity contribution in [2.24, 2.45) is 0 Å². The summed E-state index contributed by atoms with van der Waals surface area (Å²) in [6, 6.07) is 6.31. The lowest BCUT2D eigenvalue weighted by atomic mass is 10.2. The molecule has 2 heterocycles. The molecule has 1 amide bonds. The fourth-order valence-corrected chi connectivity index (χ4v) is 2.94. The second-order valence-electron chi connectivity index (χ2n) is 5.07. The van der Waals surface area contributed by atoms with E-state index in [1.807, 2.05) is 0 Å². The number of hydrogen-bond acceptors (Lipinski definition) is 6. The van der Waals surface area contributed by atoms with E-state index in [2.05, 4.69) is 25.8 Å². The van der Waals surface area contributed by atoms with Crippen LogP contribution in [-0.4, -0.2) is 31.1 Å². The van der Waals surface area contributed by atoms with E-state index in [1.165, 1.54) is 23.7 Å². The van der Waals surface area contributed by atoms with Gasteiger partial charge in [-0.1, -0.05) is 11.3 Å². The number of nitrogens with one attached hydrogen (secondary N) is 1. The molecule has 11 heteroatoms. The molecule has 0 atom stereocenters. The number of thiazole rings is 1. The highest BCUT2D eigenvalue weighted by Crippen LogP contribution is 2.37. The standard InChI is InChI=1S/C14H11F3N6OS/c1-7-11(14(15,16)17)25-13(18-7)19-12(24)9-3-5-10(6-4-9)23-8(2)20-21-22-23/h3-6H,1-2H3,(H,18,19,24). The van der Waals surface area contributed by atoms with Crippen LogP contribution < -0.4 is 5.32 Å². The van der Waals surface area contributed by atoms with Crippen molar-refractivity contribution < 1.29 is 18.0 Å². The van der Waals surface area contributed by atoms with Crippen molar-refractivity contribution in [3.8, 4) is 5.69 Å². The molecule has 0 aliphatic carbocycles. The van der Waals surface area contributed by atoms with E-state index >= 15 is 0 Å². The fraction of sp³-hybridized carbons (Fsp3) is 0.214. The molecule has 2 aromatic heterocycles. The number of carbonyl (C=O) groups is 1. The molecule has 0 saturated heterocycles. The third-order valence-corrected chi connectivity index (χ3v) is 4.39. The van der Waals surface area contributed by atoms with Crippen LogP contribution in [0.2, 0.25) is 0 Å². The number of hydrogen-bond donors (Lipinski definition) is 1. The van der Waals surface area contributed by atoms with Crippen molar-refractivity contribution in [1.82, 2.24) is 25.2 Å². The summed E-state index contributed by atoms with van der Waals surface area (Å²) in [6.07, 6.45) is -4.49. The molecule has 3 aromatic rings. The zero-order valence-electron chi connectivity index (χ0n) is 13.0. The summed E-state index contributed by atoms with van der Waals surface area (Å²) >= 11 is 0.394. The molecule has 130 valence electrons. The summed E-state index contributed by atoms with van der Waals surface area (Å²) in [6.45, 7) is 2.97. The zero-order valence-corrected chi connectivity index (χ0v) is 13.8. The summed E-state index contributed by atoms with van der Waals surface area (Å²) in [5.41, 5.74) is 0.761. The Morgan fingerprint density at radius 1 is 1.20 bits per heavy atom. The fourth-order valence-electron chi connectivity index (χ4n) is 2.11. The molecule has 1 N–H and O–H groups in total. The van der Waals surface area contributed by atoms with Gasteiger partial charge in [-0.15, -0.1) is 5.10 Å². The Hall–Kier alpha value is -2.82. The second kappa shape index (κ2) is 6.24. The molecule has 25 heavy (non-hydrogen) atoms. The maximum atomic E-state index is 12.8. The molecule has 7 nitrogen and oxygen atoms in total. The largest absolute Gasteiger partial charge is 0.427 e. The first-order valence-electron chi connectivity index (χ1n) is 6.97. The van der Waals surface area contributed by atoms with Gasteiger partial charge in [-0.3, -0.25) is 10.1 Å². The first-order chi connectivity index (χ1) is 11.8. The van der Waals surface area contributed by atoms with Gasteiger partial charge in [0, 0.05) is 5.56 Å². The number of halogens is 3. The van der Waals surface area contributed by atoms with Crippen LogP contribution in [0.15, 0.2) is 24.3 Å². The predicted octanol–water partition coefficient (Wildman–Crippen LogP) is 3.01.